The van der Waals surface area contributed by atoms with Crippen molar-refractivity contribution >= 4 is 29.4 Å². The molecule has 9 nitrogen and oxygen atoms in total. The fourth-order valence-electron chi connectivity index (χ4n) is 2.62. The number of halogens is 1. The van der Waals surface area contributed by atoms with E-state index >= 15 is 0 Å². The molecular formula is C15H21ClN8O. The van der Waals surface area contributed by atoms with Crippen molar-refractivity contribution in [3.05, 3.63) is 23.4 Å². The summed E-state index contributed by atoms with van der Waals surface area (Å²) in [6.07, 6.45) is 3.63. The second-order valence-corrected chi connectivity index (χ2v) is 6.25. The van der Waals surface area contributed by atoms with Crippen LogP contribution in [0.1, 0.15) is 19.8 Å². The molecule has 2 aromatic heterocycles. The van der Waals surface area contributed by atoms with Gasteiger partial charge in [-0.25, -0.2) is 14.5 Å². The summed E-state index contributed by atoms with van der Waals surface area (Å²) >= 11 is 5.87. The Bertz CT molecular complexity index is 696. The number of carbonyl (C=O) groups is 1. The summed E-state index contributed by atoms with van der Waals surface area (Å²) in [4.78, 5) is 20.6. The summed E-state index contributed by atoms with van der Waals surface area (Å²) in [5.41, 5.74) is 0. The number of anilines is 2. The van der Waals surface area contributed by atoms with Gasteiger partial charge in [-0.15, -0.1) is 0 Å². The van der Waals surface area contributed by atoms with Gasteiger partial charge in [-0.3, -0.25) is 5.32 Å². The summed E-state index contributed by atoms with van der Waals surface area (Å²) in [7, 11) is 0. The monoisotopic (exact) mass is 364 g/mol. The summed E-state index contributed by atoms with van der Waals surface area (Å²) in [5.74, 6) is 1.26. The standard InChI is InChI=1S/C15H21ClN8O/c1-2-3-6-24-14(19-20-21-24)18-15(25)23-9-7-22(8-10-23)13-5-4-12(16)11-17-13/h4-5,11H,2-3,6-10H2,1H3,(H,18,19,21,25). The number of tetrazole rings is 1. The second kappa shape index (κ2) is 8.11. The summed E-state index contributed by atoms with van der Waals surface area (Å²) < 4.78 is 1.62. The van der Waals surface area contributed by atoms with Gasteiger partial charge in [-0.05, 0) is 29.0 Å². The number of piperazine rings is 1. The van der Waals surface area contributed by atoms with Gasteiger partial charge in [0.25, 0.3) is 5.95 Å². The summed E-state index contributed by atoms with van der Waals surface area (Å²) in [5, 5.41) is 14.8. The van der Waals surface area contributed by atoms with Crippen LogP contribution in [0.4, 0.5) is 16.6 Å². The number of aromatic nitrogens is 5. The fraction of sp³-hybridized carbons (Fsp3) is 0.533. The molecule has 1 aliphatic heterocycles. The highest BCUT2D eigenvalue weighted by atomic mass is 35.5. The van der Waals surface area contributed by atoms with Gasteiger partial charge in [0.2, 0.25) is 0 Å². The van der Waals surface area contributed by atoms with Gasteiger partial charge >= 0.3 is 6.03 Å². The summed E-state index contributed by atoms with van der Waals surface area (Å²) in [6.45, 7) is 5.41. The lowest BCUT2D eigenvalue weighted by atomic mass is 10.3. The van der Waals surface area contributed by atoms with Crippen LogP contribution in [-0.4, -0.2) is 62.3 Å². The van der Waals surface area contributed by atoms with E-state index in [1.807, 2.05) is 12.1 Å². The molecule has 10 heteroatoms. The van der Waals surface area contributed by atoms with Gasteiger partial charge < -0.3 is 9.80 Å². The summed E-state index contributed by atoms with van der Waals surface area (Å²) in [6, 6.07) is 3.52. The van der Waals surface area contributed by atoms with E-state index in [4.69, 9.17) is 11.6 Å². The Hall–Kier alpha value is -2.42. The molecule has 2 aromatic rings. The van der Waals surface area contributed by atoms with Crippen LogP contribution in [0, 0.1) is 0 Å². The number of urea groups is 1. The molecule has 2 amide bonds. The van der Waals surface area contributed by atoms with Gasteiger partial charge in [-0.1, -0.05) is 30.0 Å². The average molecular weight is 365 g/mol. The number of carbonyl (C=O) groups excluding carboxylic acids is 1. The lowest BCUT2D eigenvalue weighted by Gasteiger charge is -2.35. The van der Waals surface area contributed by atoms with Crippen molar-refractivity contribution in [2.45, 2.75) is 26.3 Å². The van der Waals surface area contributed by atoms with E-state index in [0.717, 1.165) is 18.7 Å². The van der Waals surface area contributed by atoms with E-state index in [1.165, 1.54) is 0 Å². The molecule has 0 spiro atoms. The zero-order valence-electron chi connectivity index (χ0n) is 14.1. The number of hydrogen-bond acceptors (Lipinski definition) is 6. The molecule has 0 aromatic carbocycles. The van der Waals surface area contributed by atoms with Crippen LogP contribution >= 0.6 is 11.6 Å². The number of aryl methyl sites for hydroxylation is 1. The number of unbranched alkanes of at least 4 members (excludes halogenated alkanes) is 1. The van der Waals surface area contributed by atoms with Crippen molar-refractivity contribution in [1.82, 2.24) is 30.1 Å². The molecule has 1 N–H and O–H groups in total. The number of amides is 2. The average Bonchev–Trinajstić information content (AvgIpc) is 3.07. The molecule has 0 aliphatic carbocycles. The van der Waals surface area contributed by atoms with Crippen molar-refractivity contribution < 1.29 is 4.79 Å². The maximum Gasteiger partial charge on any atom is 0.324 e. The molecule has 134 valence electrons. The number of pyridine rings is 1. The molecule has 3 rings (SSSR count). The van der Waals surface area contributed by atoms with Crippen LogP contribution < -0.4 is 10.2 Å². The molecule has 3 heterocycles. The molecule has 0 radical (unpaired) electrons. The van der Waals surface area contributed by atoms with Gasteiger partial charge in [-0.2, -0.15) is 0 Å². The molecular weight excluding hydrogens is 344 g/mol. The van der Waals surface area contributed by atoms with Crippen LogP contribution in [-0.2, 0) is 6.54 Å². The van der Waals surface area contributed by atoms with Crippen LogP contribution in [0.25, 0.3) is 0 Å². The Kier molecular flexibility index (Phi) is 5.64. The lowest BCUT2D eigenvalue weighted by molar-refractivity contribution is 0.207. The Morgan fingerprint density at radius 3 is 2.76 bits per heavy atom. The molecule has 0 saturated carbocycles. The van der Waals surface area contributed by atoms with Gasteiger partial charge in [0, 0.05) is 38.9 Å². The first-order valence-corrected chi connectivity index (χ1v) is 8.73. The van der Waals surface area contributed by atoms with E-state index in [2.05, 4.69) is 37.6 Å². The number of hydrogen-bond donors (Lipinski definition) is 1. The van der Waals surface area contributed by atoms with Crippen molar-refractivity contribution in [3.8, 4) is 0 Å². The van der Waals surface area contributed by atoms with Gasteiger partial charge in [0.15, 0.2) is 0 Å². The third-order valence-electron chi connectivity index (χ3n) is 4.08. The number of nitrogens with zero attached hydrogens (tertiary/aromatic N) is 7. The molecule has 0 bridgehead atoms. The molecule has 0 atom stereocenters. The predicted molar refractivity (Wildman–Crippen MR) is 94.8 cm³/mol. The Balaban J connectivity index is 1.53. The lowest BCUT2D eigenvalue weighted by Crippen LogP contribution is -2.50. The first-order chi connectivity index (χ1) is 12.2. The molecule has 25 heavy (non-hydrogen) atoms. The van der Waals surface area contributed by atoms with Gasteiger partial charge in [0.1, 0.15) is 5.82 Å². The topological polar surface area (TPSA) is 92.1 Å². The first-order valence-electron chi connectivity index (χ1n) is 8.36. The largest absolute Gasteiger partial charge is 0.353 e. The second-order valence-electron chi connectivity index (χ2n) is 5.82. The molecule has 1 fully saturated rings. The number of nitrogens with one attached hydrogen (secondary N) is 1. The van der Waals surface area contributed by atoms with Crippen LogP contribution in [0.2, 0.25) is 5.02 Å². The Morgan fingerprint density at radius 2 is 2.08 bits per heavy atom. The SMILES string of the molecule is CCCCn1nnnc1NC(=O)N1CCN(c2ccc(Cl)cn2)CC1. The number of rotatable bonds is 5. The van der Waals surface area contributed by atoms with Crippen molar-refractivity contribution in [3.63, 3.8) is 0 Å². The van der Waals surface area contributed by atoms with E-state index in [1.54, 1.807) is 15.8 Å². The van der Waals surface area contributed by atoms with E-state index < -0.39 is 0 Å². The van der Waals surface area contributed by atoms with Crippen molar-refractivity contribution in [2.24, 2.45) is 0 Å². The van der Waals surface area contributed by atoms with Crippen LogP contribution in [0.5, 0.6) is 0 Å². The zero-order chi connectivity index (χ0) is 17.6. The molecule has 1 aliphatic rings. The minimum absolute atomic E-state index is 0.184. The Morgan fingerprint density at radius 1 is 1.28 bits per heavy atom. The van der Waals surface area contributed by atoms with Gasteiger partial charge in [0.05, 0.1) is 5.02 Å². The smallest absolute Gasteiger partial charge is 0.324 e. The van der Waals surface area contributed by atoms with Crippen LogP contribution in [0.3, 0.4) is 0 Å². The normalized spacial score (nSPS) is 14.6. The molecule has 0 unspecified atom stereocenters. The predicted octanol–water partition coefficient (Wildman–Crippen LogP) is 1.88. The van der Waals surface area contributed by atoms with E-state index in [0.29, 0.717) is 43.7 Å². The Labute approximate surface area is 151 Å². The van der Waals surface area contributed by atoms with Crippen molar-refractivity contribution in [2.75, 3.05) is 36.4 Å². The third kappa shape index (κ3) is 4.36. The quantitative estimate of drug-likeness (QED) is 0.870. The van der Waals surface area contributed by atoms with Crippen molar-refractivity contribution in [1.29, 1.82) is 0 Å². The van der Waals surface area contributed by atoms with E-state index in [-0.39, 0.29) is 6.03 Å². The maximum absolute atomic E-state index is 12.4. The zero-order valence-corrected chi connectivity index (χ0v) is 14.9. The van der Waals surface area contributed by atoms with E-state index in [9.17, 15) is 4.79 Å². The van der Waals surface area contributed by atoms with Crippen LogP contribution in [0.15, 0.2) is 18.3 Å². The molecule has 1 saturated heterocycles. The highest BCUT2D eigenvalue weighted by Gasteiger charge is 2.23. The maximum atomic E-state index is 12.4. The third-order valence-corrected chi connectivity index (χ3v) is 4.30. The minimum Gasteiger partial charge on any atom is -0.353 e. The highest BCUT2D eigenvalue weighted by Crippen LogP contribution is 2.16. The fourth-order valence-corrected chi connectivity index (χ4v) is 2.73. The first kappa shape index (κ1) is 17.4. The minimum atomic E-state index is -0.184. The highest BCUT2D eigenvalue weighted by molar-refractivity contribution is 6.30.